The molecule has 0 heterocycles. The lowest BCUT2D eigenvalue weighted by molar-refractivity contribution is 0.0651. The van der Waals surface area contributed by atoms with Gasteiger partial charge >= 0.3 is 17.9 Å². The van der Waals surface area contributed by atoms with Gasteiger partial charge in [0.1, 0.15) is 11.3 Å². The zero-order valence-electron chi connectivity index (χ0n) is 12.8. The highest BCUT2D eigenvalue weighted by Gasteiger charge is 2.16. The van der Waals surface area contributed by atoms with E-state index in [0.717, 1.165) is 18.2 Å². The smallest absolute Gasteiger partial charge is 0.339 e. The van der Waals surface area contributed by atoms with Gasteiger partial charge < -0.3 is 20.4 Å². The minimum atomic E-state index is -1.43. The van der Waals surface area contributed by atoms with Crippen LogP contribution in [0.5, 0.6) is 5.75 Å². The van der Waals surface area contributed by atoms with E-state index in [2.05, 4.69) is 10.2 Å². The van der Waals surface area contributed by atoms with Gasteiger partial charge in [0.2, 0.25) is 0 Å². The quantitative estimate of drug-likeness (QED) is 0.606. The predicted octanol–water partition coefficient (Wildman–Crippen LogP) is 3.21. The van der Waals surface area contributed by atoms with E-state index in [0.29, 0.717) is 0 Å². The third-order valence-electron chi connectivity index (χ3n) is 3.26. The van der Waals surface area contributed by atoms with Crippen LogP contribution in [0.25, 0.3) is 0 Å². The van der Waals surface area contributed by atoms with Crippen molar-refractivity contribution >= 4 is 29.3 Å². The summed E-state index contributed by atoms with van der Waals surface area (Å²) in [6, 6.07) is 5.91. The number of azo groups is 1. The third-order valence-corrected chi connectivity index (χ3v) is 3.26. The first-order valence-electron chi connectivity index (χ1n) is 6.80. The van der Waals surface area contributed by atoms with Gasteiger partial charge in [-0.1, -0.05) is 0 Å². The molecule has 9 heteroatoms. The first-order valence-corrected chi connectivity index (χ1v) is 6.80. The monoisotopic (exact) mass is 344 g/mol. The molecule has 0 fully saturated rings. The van der Waals surface area contributed by atoms with Gasteiger partial charge in [0, 0.05) is 0 Å². The number of benzene rings is 2. The van der Waals surface area contributed by atoms with Crippen molar-refractivity contribution < 1.29 is 34.8 Å². The van der Waals surface area contributed by atoms with Crippen LogP contribution in [0.1, 0.15) is 36.6 Å². The van der Waals surface area contributed by atoms with Crippen LogP contribution >= 0.6 is 0 Å². The fourth-order valence-electron chi connectivity index (χ4n) is 2.05. The second kappa shape index (κ2) is 6.79. The van der Waals surface area contributed by atoms with Crippen LogP contribution in [-0.4, -0.2) is 38.3 Å². The first-order chi connectivity index (χ1) is 11.7. The lowest BCUT2D eigenvalue weighted by atomic mass is 10.1. The average Bonchev–Trinajstić information content (AvgIpc) is 2.54. The van der Waals surface area contributed by atoms with Crippen molar-refractivity contribution in [1.82, 2.24) is 0 Å². The Morgan fingerprint density at radius 1 is 0.760 bits per heavy atom. The fraction of sp³-hybridized carbons (Fsp3) is 0.0625. The molecular weight excluding hydrogens is 332 g/mol. The Balaban J connectivity index is 2.43. The first kappa shape index (κ1) is 17.6. The molecule has 0 unspecified atom stereocenters. The Morgan fingerprint density at radius 3 is 1.84 bits per heavy atom. The lowest BCUT2D eigenvalue weighted by Crippen LogP contribution is -2.07. The molecule has 0 aliphatic rings. The second-order valence-electron chi connectivity index (χ2n) is 5.00. The van der Waals surface area contributed by atoms with E-state index in [1.165, 1.54) is 19.1 Å². The molecule has 0 spiro atoms. The molecule has 2 aromatic carbocycles. The maximum absolute atomic E-state index is 11.1. The molecule has 128 valence electrons. The van der Waals surface area contributed by atoms with E-state index in [1.54, 1.807) is 0 Å². The van der Waals surface area contributed by atoms with E-state index in [1.807, 2.05) is 0 Å². The van der Waals surface area contributed by atoms with Gasteiger partial charge in [0.15, 0.2) is 0 Å². The third kappa shape index (κ3) is 3.78. The molecule has 0 bridgehead atoms. The van der Waals surface area contributed by atoms with Gasteiger partial charge in [-0.2, -0.15) is 10.2 Å². The highest BCUT2D eigenvalue weighted by molar-refractivity contribution is 6.02. The highest BCUT2D eigenvalue weighted by atomic mass is 16.4. The van der Waals surface area contributed by atoms with Gasteiger partial charge in [-0.3, -0.25) is 0 Å². The second-order valence-corrected chi connectivity index (χ2v) is 5.00. The SMILES string of the molecule is Cc1cc(N=Nc2ccc(C(=O)O)c(C(=O)O)c2)cc(C(=O)O)c1O. The standard InChI is InChI=1S/C16H12N2O7/c1-7-4-9(6-12(13(7)19)16(24)25)18-17-8-2-3-10(14(20)21)11(5-8)15(22)23/h2-6,19H,1H3,(H,20,21)(H,22,23)(H,24,25). The summed E-state index contributed by atoms with van der Waals surface area (Å²) in [4.78, 5) is 33.2. The van der Waals surface area contributed by atoms with Crippen molar-refractivity contribution in [3.05, 3.63) is 52.6 Å². The highest BCUT2D eigenvalue weighted by Crippen LogP contribution is 2.29. The van der Waals surface area contributed by atoms with Crippen molar-refractivity contribution in [3.63, 3.8) is 0 Å². The van der Waals surface area contributed by atoms with Crippen LogP contribution in [0.4, 0.5) is 11.4 Å². The lowest BCUT2D eigenvalue weighted by Gasteiger charge is -2.05. The normalized spacial score (nSPS) is 10.8. The van der Waals surface area contributed by atoms with E-state index in [9.17, 15) is 19.5 Å². The molecule has 9 nitrogen and oxygen atoms in total. The maximum Gasteiger partial charge on any atom is 0.339 e. The number of rotatable bonds is 5. The van der Waals surface area contributed by atoms with Crippen molar-refractivity contribution in [2.24, 2.45) is 10.2 Å². The van der Waals surface area contributed by atoms with Gasteiger partial charge in [-0.05, 0) is 42.8 Å². The van der Waals surface area contributed by atoms with Crippen LogP contribution in [0.3, 0.4) is 0 Å². The molecule has 0 atom stereocenters. The van der Waals surface area contributed by atoms with Crippen LogP contribution in [0, 0.1) is 6.92 Å². The summed E-state index contributed by atoms with van der Waals surface area (Å²) in [6.45, 7) is 1.49. The fourth-order valence-corrected chi connectivity index (χ4v) is 2.05. The minimum absolute atomic E-state index is 0.0741. The van der Waals surface area contributed by atoms with E-state index in [-0.39, 0.29) is 33.8 Å². The molecule has 4 N–H and O–H groups in total. The Hall–Kier alpha value is -3.75. The van der Waals surface area contributed by atoms with Crippen molar-refractivity contribution in [3.8, 4) is 5.75 Å². The molecule has 0 aliphatic carbocycles. The summed E-state index contributed by atoms with van der Waals surface area (Å²) in [5.41, 5.74) is -0.697. The maximum atomic E-state index is 11.1. The molecule has 0 aliphatic heterocycles. The molecule has 0 saturated heterocycles. The molecule has 0 radical (unpaired) electrons. The van der Waals surface area contributed by atoms with E-state index >= 15 is 0 Å². The summed E-state index contributed by atoms with van der Waals surface area (Å²) in [5, 5.41) is 44.3. The van der Waals surface area contributed by atoms with Gasteiger partial charge in [0.05, 0.1) is 22.5 Å². The number of aromatic hydroxyl groups is 1. The molecular formula is C16H12N2O7. The number of aromatic carboxylic acids is 3. The number of carboxylic acid groups (broad SMARTS) is 3. The van der Waals surface area contributed by atoms with Gasteiger partial charge in [-0.25, -0.2) is 14.4 Å². The van der Waals surface area contributed by atoms with Crippen molar-refractivity contribution in [2.45, 2.75) is 6.92 Å². The van der Waals surface area contributed by atoms with E-state index < -0.39 is 23.5 Å². The Kier molecular flexibility index (Phi) is 4.78. The Labute approximate surface area is 140 Å². The number of aryl methyl sites for hydroxylation is 1. The molecule has 0 aromatic heterocycles. The van der Waals surface area contributed by atoms with Gasteiger partial charge in [-0.15, -0.1) is 0 Å². The minimum Gasteiger partial charge on any atom is -0.507 e. The number of carboxylic acids is 3. The van der Waals surface area contributed by atoms with Crippen LogP contribution in [0.2, 0.25) is 0 Å². The van der Waals surface area contributed by atoms with Crippen LogP contribution in [-0.2, 0) is 0 Å². The average molecular weight is 344 g/mol. The molecule has 2 rings (SSSR count). The zero-order valence-corrected chi connectivity index (χ0v) is 12.8. The van der Waals surface area contributed by atoms with Gasteiger partial charge in [0.25, 0.3) is 0 Å². The van der Waals surface area contributed by atoms with Crippen molar-refractivity contribution in [2.75, 3.05) is 0 Å². The molecule has 0 saturated carbocycles. The number of phenols is 1. The number of hydrogen-bond donors (Lipinski definition) is 4. The topological polar surface area (TPSA) is 157 Å². The summed E-state index contributed by atoms with van der Waals surface area (Å²) in [5.74, 6) is -4.54. The summed E-state index contributed by atoms with van der Waals surface area (Å²) >= 11 is 0. The summed E-state index contributed by atoms with van der Waals surface area (Å²) in [7, 11) is 0. The molecule has 0 amide bonds. The van der Waals surface area contributed by atoms with Crippen molar-refractivity contribution in [1.29, 1.82) is 0 Å². The Morgan fingerprint density at radius 2 is 1.28 bits per heavy atom. The van der Waals surface area contributed by atoms with Crippen LogP contribution < -0.4 is 0 Å². The Bertz CT molecular complexity index is 919. The van der Waals surface area contributed by atoms with E-state index in [4.69, 9.17) is 15.3 Å². The number of hydrogen-bond acceptors (Lipinski definition) is 6. The van der Waals surface area contributed by atoms with Crippen LogP contribution in [0.15, 0.2) is 40.6 Å². The summed E-state index contributed by atoms with van der Waals surface area (Å²) < 4.78 is 0. The number of carbonyl (C=O) groups is 3. The predicted molar refractivity (Wildman–Crippen MR) is 84.3 cm³/mol. The number of nitrogens with zero attached hydrogens (tertiary/aromatic N) is 2. The largest absolute Gasteiger partial charge is 0.507 e. The molecule has 2 aromatic rings. The molecule has 25 heavy (non-hydrogen) atoms. The zero-order chi connectivity index (χ0) is 18.7. The summed E-state index contributed by atoms with van der Waals surface area (Å²) in [6.07, 6.45) is 0.